The maximum atomic E-state index is 12.8. The van der Waals surface area contributed by atoms with Crippen molar-refractivity contribution in [2.45, 2.75) is 0 Å². The molecule has 3 aromatic rings. The molecule has 0 spiro atoms. The normalized spacial score (nSPS) is 10.8. The van der Waals surface area contributed by atoms with Gasteiger partial charge in [-0.2, -0.15) is 4.99 Å². The predicted molar refractivity (Wildman–Crippen MR) is 122 cm³/mol. The van der Waals surface area contributed by atoms with Crippen LogP contribution in [0.4, 0.5) is 17.1 Å². The fraction of sp³-hybridized carbons (Fsp3) is 0. The van der Waals surface area contributed by atoms with Crippen LogP contribution >= 0.6 is 0 Å². The molecule has 31 heavy (non-hydrogen) atoms. The predicted octanol–water partition coefficient (Wildman–Crippen LogP) is 2.41. The molecule has 0 heterocycles. The lowest BCUT2D eigenvalue weighted by molar-refractivity contribution is 0.102. The quantitative estimate of drug-likeness (QED) is 0.319. The Hall–Kier alpha value is -4.66. The third kappa shape index (κ3) is 6.16. The van der Waals surface area contributed by atoms with E-state index in [1.54, 1.807) is 48.5 Å². The number of benzene rings is 3. The van der Waals surface area contributed by atoms with Gasteiger partial charge in [-0.1, -0.05) is 36.4 Å². The summed E-state index contributed by atoms with van der Waals surface area (Å²) in [6.07, 6.45) is 0. The van der Waals surface area contributed by atoms with Crippen molar-refractivity contribution in [1.29, 1.82) is 0 Å². The molecule has 0 aliphatic heterocycles. The molecule has 0 radical (unpaired) electrons. The molecule has 2 amide bonds. The summed E-state index contributed by atoms with van der Waals surface area (Å²) in [7, 11) is 0. The number of anilines is 2. The summed E-state index contributed by atoms with van der Waals surface area (Å²) in [5, 5.41) is 5.54. The molecular weight excluding hydrogens is 394 g/mol. The molecule has 3 rings (SSSR count). The highest BCUT2D eigenvalue weighted by Gasteiger charge is 2.14. The van der Waals surface area contributed by atoms with E-state index in [-0.39, 0.29) is 28.7 Å². The molecule has 156 valence electrons. The number of carbonyl (C=O) groups excluding carboxylic acids is 2. The lowest BCUT2D eigenvalue weighted by atomic mass is 10.1. The molecule has 0 atom stereocenters. The zero-order valence-corrected chi connectivity index (χ0v) is 16.4. The number of hydrogen-bond acceptors (Lipinski definition) is 3. The average molecular weight is 415 g/mol. The minimum absolute atomic E-state index is 0.209. The monoisotopic (exact) mass is 415 g/mol. The first-order valence-electron chi connectivity index (χ1n) is 9.22. The van der Waals surface area contributed by atoms with Crippen LogP contribution in [0.3, 0.4) is 0 Å². The molecule has 0 aromatic heterocycles. The highest BCUT2D eigenvalue weighted by atomic mass is 16.2. The number of rotatable bonds is 5. The second kappa shape index (κ2) is 9.70. The van der Waals surface area contributed by atoms with E-state index in [1.807, 2.05) is 12.1 Å². The van der Waals surface area contributed by atoms with Crippen molar-refractivity contribution in [2.24, 2.45) is 27.2 Å². The Bertz CT molecular complexity index is 1070. The highest BCUT2D eigenvalue weighted by Crippen LogP contribution is 2.21. The molecule has 0 saturated heterocycles. The zero-order valence-electron chi connectivity index (χ0n) is 16.4. The van der Waals surface area contributed by atoms with Gasteiger partial charge in [-0.25, -0.2) is 4.99 Å². The number of hydrogen-bond donors (Lipinski definition) is 5. The van der Waals surface area contributed by atoms with Crippen LogP contribution in [0.2, 0.25) is 0 Å². The molecule has 0 unspecified atom stereocenters. The van der Waals surface area contributed by atoms with Crippen LogP contribution in [0.15, 0.2) is 88.8 Å². The average Bonchev–Trinajstić information content (AvgIpc) is 2.74. The highest BCUT2D eigenvalue weighted by molar-refractivity contribution is 6.09. The van der Waals surface area contributed by atoms with Gasteiger partial charge in [-0.05, 0) is 42.5 Å². The second-order valence-corrected chi connectivity index (χ2v) is 6.42. The number of aliphatic imine (C=N–C) groups is 2. The van der Waals surface area contributed by atoms with Gasteiger partial charge in [0, 0.05) is 22.5 Å². The summed E-state index contributed by atoms with van der Waals surface area (Å²) in [6, 6.07) is 22.3. The summed E-state index contributed by atoms with van der Waals surface area (Å²) in [6.45, 7) is 0. The standard InChI is InChI=1S/C22H21N7O2/c23-21(24)29-22(25)28-18-12-14(19(30)26-16-7-3-1-4-8-16)11-15(13-18)20(31)27-17-9-5-2-6-10-17/h1-13H,(H,26,30)(H,27,31)(H6,23,24,25,28,29). The number of amides is 2. The number of nitrogens with one attached hydrogen (secondary N) is 2. The number of carbonyl (C=O) groups is 2. The van der Waals surface area contributed by atoms with Gasteiger partial charge in [0.25, 0.3) is 11.8 Å². The van der Waals surface area contributed by atoms with E-state index in [0.717, 1.165) is 0 Å². The molecule has 0 bridgehead atoms. The third-order valence-electron chi connectivity index (χ3n) is 3.99. The Morgan fingerprint density at radius 2 is 1.13 bits per heavy atom. The smallest absolute Gasteiger partial charge is 0.255 e. The fourth-order valence-electron chi connectivity index (χ4n) is 2.68. The van der Waals surface area contributed by atoms with E-state index in [9.17, 15) is 9.59 Å². The van der Waals surface area contributed by atoms with Gasteiger partial charge in [0.05, 0.1) is 5.69 Å². The zero-order chi connectivity index (χ0) is 22.2. The van der Waals surface area contributed by atoms with E-state index in [0.29, 0.717) is 11.4 Å². The number of nitrogens with zero attached hydrogens (tertiary/aromatic N) is 2. The largest absolute Gasteiger partial charge is 0.370 e. The number of para-hydroxylation sites is 2. The number of guanidine groups is 2. The molecular formula is C22H21N7O2. The van der Waals surface area contributed by atoms with Gasteiger partial charge in [-0.15, -0.1) is 0 Å². The molecule has 0 aliphatic carbocycles. The van der Waals surface area contributed by atoms with E-state index in [4.69, 9.17) is 17.2 Å². The Labute approximate surface area is 178 Å². The van der Waals surface area contributed by atoms with Crippen LogP contribution in [-0.2, 0) is 0 Å². The molecule has 3 aromatic carbocycles. The van der Waals surface area contributed by atoms with E-state index < -0.39 is 11.8 Å². The minimum Gasteiger partial charge on any atom is -0.370 e. The third-order valence-corrected chi connectivity index (χ3v) is 3.99. The molecule has 9 nitrogen and oxygen atoms in total. The molecule has 0 aliphatic rings. The van der Waals surface area contributed by atoms with Crippen LogP contribution in [0.1, 0.15) is 20.7 Å². The van der Waals surface area contributed by atoms with Crippen molar-refractivity contribution in [3.05, 3.63) is 90.0 Å². The van der Waals surface area contributed by atoms with Gasteiger partial charge < -0.3 is 27.8 Å². The van der Waals surface area contributed by atoms with Crippen molar-refractivity contribution >= 4 is 40.8 Å². The summed E-state index contributed by atoms with van der Waals surface area (Å²) >= 11 is 0. The first-order chi connectivity index (χ1) is 14.9. The first-order valence-corrected chi connectivity index (χ1v) is 9.22. The SMILES string of the molecule is NC(N)=NC(N)=Nc1cc(C(=O)Nc2ccccc2)cc(C(=O)Nc2ccccc2)c1. The Balaban J connectivity index is 1.96. The van der Waals surface area contributed by atoms with Gasteiger partial charge in [-0.3, -0.25) is 9.59 Å². The van der Waals surface area contributed by atoms with Crippen molar-refractivity contribution in [3.8, 4) is 0 Å². The van der Waals surface area contributed by atoms with Crippen molar-refractivity contribution in [1.82, 2.24) is 0 Å². The Morgan fingerprint density at radius 3 is 1.55 bits per heavy atom. The molecule has 0 saturated carbocycles. The summed E-state index contributed by atoms with van der Waals surface area (Å²) < 4.78 is 0. The van der Waals surface area contributed by atoms with Crippen LogP contribution < -0.4 is 27.8 Å². The van der Waals surface area contributed by atoms with Crippen molar-refractivity contribution in [2.75, 3.05) is 10.6 Å². The molecule has 0 fully saturated rings. The van der Waals surface area contributed by atoms with Gasteiger partial charge in [0.2, 0.25) is 5.96 Å². The van der Waals surface area contributed by atoms with Crippen LogP contribution in [0.5, 0.6) is 0 Å². The maximum Gasteiger partial charge on any atom is 0.255 e. The molecule has 8 N–H and O–H groups in total. The minimum atomic E-state index is -0.419. The van der Waals surface area contributed by atoms with Gasteiger partial charge in [0.1, 0.15) is 0 Å². The Morgan fingerprint density at radius 1 is 0.677 bits per heavy atom. The van der Waals surface area contributed by atoms with Gasteiger partial charge >= 0.3 is 0 Å². The van der Waals surface area contributed by atoms with Crippen LogP contribution in [0.25, 0.3) is 0 Å². The molecule has 9 heteroatoms. The van der Waals surface area contributed by atoms with E-state index in [2.05, 4.69) is 20.6 Å². The summed E-state index contributed by atoms with van der Waals surface area (Å²) in [5.74, 6) is -1.31. The summed E-state index contributed by atoms with van der Waals surface area (Å²) in [4.78, 5) is 33.3. The van der Waals surface area contributed by atoms with E-state index >= 15 is 0 Å². The van der Waals surface area contributed by atoms with Gasteiger partial charge in [0.15, 0.2) is 5.96 Å². The lowest BCUT2D eigenvalue weighted by Gasteiger charge is -2.10. The van der Waals surface area contributed by atoms with E-state index in [1.165, 1.54) is 18.2 Å². The van der Waals surface area contributed by atoms with Crippen molar-refractivity contribution < 1.29 is 9.59 Å². The number of nitrogens with two attached hydrogens (primary N) is 3. The Kier molecular flexibility index (Phi) is 6.59. The maximum absolute atomic E-state index is 12.8. The van der Waals surface area contributed by atoms with Crippen LogP contribution in [-0.4, -0.2) is 23.7 Å². The second-order valence-electron chi connectivity index (χ2n) is 6.42. The van der Waals surface area contributed by atoms with Crippen molar-refractivity contribution in [3.63, 3.8) is 0 Å². The van der Waals surface area contributed by atoms with Crippen LogP contribution in [0, 0.1) is 0 Å². The lowest BCUT2D eigenvalue weighted by Crippen LogP contribution is -2.26. The fourth-order valence-corrected chi connectivity index (χ4v) is 2.68. The topological polar surface area (TPSA) is 161 Å². The summed E-state index contributed by atoms with van der Waals surface area (Å²) in [5.41, 5.74) is 18.2. The first kappa shape index (κ1) is 21.1.